The molecule has 1 saturated heterocycles. The monoisotopic (exact) mass is 291 g/mol. The van der Waals surface area contributed by atoms with Crippen LogP contribution in [-0.4, -0.2) is 37.6 Å². The second-order valence-electron chi connectivity index (χ2n) is 5.06. The summed E-state index contributed by atoms with van der Waals surface area (Å²) >= 11 is 0. The molecule has 1 aliphatic heterocycles. The summed E-state index contributed by atoms with van der Waals surface area (Å²) in [4.78, 5) is 22.7. The lowest BCUT2D eigenvalue weighted by Crippen LogP contribution is -2.41. The minimum absolute atomic E-state index is 0.0189. The van der Waals surface area contributed by atoms with Gasteiger partial charge in [-0.2, -0.15) is 0 Å². The Hall–Kier alpha value is -1.92. The van der Waals surface area contributed by atoms with Crippen LogP contribution in [0.5, 0.6) is 0 Å². The maximum atomic E-state index is 11.8. The maximum Gasteiger partial charge on any atom is 0.222 e. The van der Waals surface area contributed by atoms with Crippen LogP contribution >= 0.6 is 0 Å². The molecule has 2 amide bonds. The number of anilines is 1. The molecule has 0 spiro atoms. The van der Waals surface area contributed by atoms with Gasteiger partial charge in [0, 0.05) is 32.2 Å². The van der Waals surface area contributed by atoms with Crippen LogP contribution in [-0.2, 0) is 20.9 Å². The first-order valence-corrected chi connectivity index (χ1v) is 7.09. The van der Waals surface area contributed by atoms with Crippen molar-refractivity contribution in [2.45, 2.75) is 26.0 Å². The largest absolute Gasteiger partial charge is 0.375 e. The first-order valence-electron chi connectivity index (χ1n) is 7.09. The molecule has 114 valence electrons. The van der Waals surface area contributed by atoms with Gasteiger partial charge in [-0.05, 0) is 17.7 Å². The van der Waals surface area contributed by atoms with Gasteiger partial charge >= 0.3 is 0 Å². The van der Waals surface area contributed by atoms with E-state index >= 15 is 0 Å². The number of hydrogen-bond acceptors (Lipinski definition) is 4. The SMILES string of the molecule is CC(=O)Nc1ccc(CNC(=O)CC2CNCCO2)cc1. The Morgan fingerprint density at radius 2 is 2.10 bits per heavy atom. The van der Waals surface area contributed by atoms with E-state index in [0.717, 1.165) is 24.3 Å². The normalized spacial score (nSPS) is 18.0. The quantitative estimate of drug-likeness (QED) is 0.744. The van der Waals surface area contributed by atoms with Crippen LogP contribution in [0, 0.1) is 0 Å². The third kappa shape index (κ3) is 5.53. The molecule has 2 rings (SSSR count). The van der Waals surface area contributed by atoms with Gasteiger partial charge in [-0.3, -0.25) is 9.59 Å². The molecule has 1 aromatic rings. The van der Waals surface area contributed by atoms with Crippen molar-refractivity contribution in [3.05, 3.63) is 29.8 Å². The molecule has 21 heavy (non-hydrogen) atoms. The summed E-state index contributed by atoms with van der Waals surface area (Å²) in [5.74, 6) is -0.119. The first-order chi connectivity index (χ1) is 10.1. The molecule has 0 bridgehead atoms. The molecule has 3 N–H and O–H groups in total. The van der Waals surface area contributed by atoms with Gasteiger partial charge in [-0.25, -0.2) is 0 Å². The van der Waals surface area contributed by atoms with Gasteiger partial charge in [0.15, 0.2) is 0 Å². The molecule has 0 aliphatic carbocycles. The highest BCUT2D eigenvalue weighted by molar-refractivity contribution is 5.88. The topological polar surface area (TPSA) is 79.5 Å². The number of carbonyl (C=O) groups excluding carboxylic acids is 2. The zero-order valence-corrected chi connectivity index (χ0v) is 12.1. The zero-order valence-electron chi connectivity index (χ0n) is 12.1. The van der Waals surface area contributed by atoms with Crippen molar-refractivity contribution in [1.82, 2.24) is 10.6 Å². The number of nitrogens with one attached hydrogen (secondary N) is 3. The van der Waals surface area contributed by atoms with E-state index in [1.165, 1.54) is 6.92 Å². The molecule has 1 fully saturated rings. The number of carbonyl (C=O) groups is 2. The minimum Gasteiger partial charge on any atom is -0.375 e. The van der Waals surface area contributed by atoms with E-state index < -0.39 is 0 Å². The molecule has 0 aromatic heterocycles. The average Bonchev–Trinajstić information content (AvgIpc) is 2.47. The Morgan fingerprint density at radius 1 is 1.33 bits per heavy atom. The predicted molar refractivity (Wildman–Crippen MR) is 79.8 cm³/mol. The lowest BCUT2D eigenvalue weighted by Gasteiger charge is -2.23. The van der Waals surface area contributed by atoms with Crippen molar-refractivity contribution in [2.75, 3.05) is 25.0 Å². The third-order valence-electron chi connectivity index (χ3n) is 3.18. The number of ether oxygens (including phenoxy) is 1. The number of benzene rings is 1. The summed E-state index contributed by atoms with van der Waals surface area (Å²) in [6.07, 6.45) is 0.331. The Morgan fingerprint density at radius 3 is 2.71 bits per heavy atom. The lowest BCUT2D eigenvalue weighted by atomic mass is 10.2. The van der Waals surface area contributed by atoms with Crippen LogP contribution in [0.4, 0.5) is 5.69 Å². The molecular weight excluding hydrogens is 270 g/mol. The van der Waals surface area contributed by atoms with Crippen LogP contribution in [0.15, 0.2) is 24.3 Å². The number of hydrogen-bond donors (Lipinski definition) is 3. The number of morpholine rings is 1. The Labute approximate surface area is 124 Å². The molecule has 0 saturated carbocycles. The molecule has 1 unspecified atom stereocenters. The molecule has 1 atom stereocenters. The molecule has 0 radical (unpaired) electrons. The predicted octanol–water partition coefficient (Wildman–Crippen LogP) is 0.640. The second kappa shape index (κ2) is 7.75. The van der Waals surface area contributed by atoms with Crippen LogP contribution in [0.2, 0.25) is 0 Å². The summed E-state index contributed by atoms with van der Waals surface area (Å²) < 4.78 is 5.49. The summed E-state index contributed by atoms with van der Waals surface area (Å²) in [5, 5.41) is 8.77. The van der Waals surface area contributed by atoms with E-state index in [9.17, 15) is 9.59 Å². The van der Waals surface area contributed by atoms with Crippen molar-refractivity contribution in [2.24, 2.45) is 0 Å². The second-order valence-corrected chi connectivity index (χ2v) is 5.06. The summed E-state index contributed by atoms with van der Waals surface area (Å²) in [5.41, 5.74) is 1.74. The molecule has 6 nitrogen and oxygen atoms in total. The van der Waals surface area contributed by atoms with Gasteiger partial charge in [0.25, 0.3) is 0 Å². The standard InChI is InChI=1S/C15H21N3O3/c1-11(19)18-13-4-2-12(3-5-13)9-17-15(20)8-14-10-16-6-7-21-14/h2-5,14,16H,6-10H2,1H3,(H,17,20)(H,18,19). The fraction of sp³-hybridized carbons (Fsp3) is 0.467. The molecular formula is C15H21N3O3. The van der Waals surface area contributed by atoms with Crippen LogP contribution < -0.4 is 16.0 Å². The van der Waals surface area contributed by atoms with E-state index in [-0.39, 0.29) is 17.9 Å². The maximum absolute atomic E-state index is 11.8. The summed E-state index contributed by atoms with van der Waals surface area (Å²) in [7, 11) is 0. The van der Waals surface area contributed by atoms with E-state index in [4.69, 9.17) is 4.74 Å². The summed E-state index contributed by atoms with van der Waals surface area (Å²) in [6, 6.07) is 7.39. The van der Waals surface area contributed by atoms with E-state index in [0.29, 0.717) is 19.6 Å². The minimum atomic E-state index is -0.0999. The fourth-order valence-corrected chi connectivity index (χ4v) is 2.14. The van der Waals surface area contributed by atoms with Crippen molar-refractivity contribution in [3.8, 4) is 0 Å². The van der Waals surface area contributed by atoms with Crippen LogP contribution in [0.1, 0.15) is 18.9 Å². The fourth-order valence-electron chi connectivity index (χ4n) is 2.14. The van der Waals surface area contributed by atoms with Crippen molar-refractivity contribution in [3.63, 3.8) is 0 Å². The Kier molecular flexibility index (Phi) is 5.71. The van der Waals surface area contributed by atoms with Crippen molar-refractivity contribution < 1.29 is 14.3 Å². The van der Waals surface area contributed by atoms with Crippen LogP contribution in [0.3, 0.4) is 0 Å². The van der Waals surface area contributed by atoms with E-state index in [2.05, 4.69) is 16.0 Å². The first kappa shape index (κ1) is 15.5. The van der Waals surface area contributed by atoms with Gasteiger partial charge < -0.3 is 20.7 Å². The highest BCUT2D eigenvalue weighted by Crippen LogP contribution is 2.09. The average molecular weight is 291 g/mol. The van der Waals surface area contributed by atoms with E-state index in [1.807, 2.05) is 24.3 Å². The third-order valence-corrected chi connectivity index (χ3v) is 3.18. The molecule has 1 aromatic carbocycles. The number of rotatable bonds is 5. The van der Waals surface area contributed by atoms with E-state index in [1.54, 1.807) is 0 Å². The molecule has 1 aliphatic rings. The molecule has 6 heteroatoms. The smallest absolute Gasteiger partial charge is 0.222 e. The highest BCUT2D eigenvalue weighted by atomic mass is 16.5. The zero-order chi connectivity index (χ0) is 15.1. The van der Waals surface area contributed by atoms with Crippen molar-refractivity contribution in [1.29, 1.82) is 0 Å². The number of amides is 2. The Balaban J connectivity index is 1.74. The van der Waals surface area contributed by atoms with Gasteiger partial charge in [0.2, 0.25) is 11.8 Å². The summed E-state index contributed by atoms with van der Waals surface area (Å²) in [6.45, 7) is 4.16. The Bertz CT molecular complexity index is 481. The van der Waals surface area contributed by atoms with Gasteiger partial charge in [0.05, 0.1) is 19.1 Å². The van der Waals surface area contributed by atoms with Crippen molar-refractivity contribution >= 4 is 17.5 Å². The van der Waals surface area contributed by atoms with Crippen LogP contribution in [0.25, 0.3) is 0 Å². The van der Waals surface area contributed by atoms with Gasteiger partial charge in [0.1, 0.15) is 0 Å². The highest BCUT2D eigenvalue weighted by Gasteiger charge is 2.16. The molecule has 1 heterocycles. The van der Waals surface area contributed by atoms with Gasteiger partial charge in [-0.15, -0.1) is 0 Å². The lowest BCUT2D eigenvalue weighted by molar-refractivity contribution is -0.124. The van der Waals surface area contributed by atoms with Gasteiger partial charge in [-0.1, -0.05) is 12.1 Å².